The number of hydrogen-bond acceptors (Lipinski definition) is 3. The van der Waals surface area contributed by atoms with E-state index < -0.39 is 0 Å². The highest BCUT2D eigenvalue weighted by atomic mass is 16.3. The van der Waals surface area contributed by atoms with E-state index >= 15 is 0 Å². The minimum atomic E-state index is 0.354. The second-order valence-corrected chi connectivity index (χ2v) is 6.92. The maximum atomic E-state index is 8.78. The zero-order valence-electron chi connectivity index (χ0n) is 14.6. The van der Waals surface area contributed by atoms with Crippen LogP contribution >= 0.6 is 0 Å². The number of likely N-dealkylation sites (tertiary alicyclic amines) is 1. The third-order valence-electron chi connectivity index (χ3n) is 4.85. The molecular weight excluding hydrogens is 284 g/mol. The minimum Gasteiger partial charge on any atom is -0.396 e. The lowest BCUT2D eigenvalue weighted by molar-refractivity contribution is 0.220. The molecule has 2 aliphatic rings. The lowest BCUT2D eigenvalue weighted by Crippen LogP contribution is -2.23. The molecule has 1 atom stereocenters. The van der Waals surface area contributed by atoms with Gasteiger partial charge in [-0.15, -0.1) is 0 Å². The smallest absolute Gasteiger partial charge is 0.0471 e. The quantitative estimate of drug-likeness (QED) is 0.896. The first-order valence-electron chi connectivity index (χ1n) is 9.46. The molecular formula is C20H34N2O. The molecule has 0 amide bonds. The van der Waals surface area contributed by atoms with Gasteiger partial charge in [-0.3, -0.25) is 4.90 Å². The van der Waals surface area contributed by atoms with Crippen molar-refractivity contribution in [3.05, 3.63) is 35.9 Å². The third-order valence-corrected chi connectivity index (χ3v) is 4.85. The lowest BCUT2D eigenvalue weighted by atomic mass is 10.1. The average Bonchev–Trinajstić information content (AvgIpc) is 3.01. The summed E-state index contributed by atoms with van der Waals surface area (Å²) in [4.78, 5) is 2.59. The van der Waals surface area contributed by atoms with E-state index in [1.54, 1.807) is 0 Å². The summed E-state index contributed by atoms with van der Waals surface area (Å²) in [5, 5.41) is 12.1. The summed E-state index contributed by atoms with van der Waals surface area (Å²) < 4.78 is 0. The van der Waals surface area contributed by atoms with Crippen LogP contribution in [0.2, 0.25) is 0 Å². The van der Waals surface area contributed by atoms with Crippen molar-refractivity contribution in [2.45, 2.75) is 51.5 Å². The number of benzene rings is 1. The van der Waals surface area contributed by atoms with Crippen molar-refractivity contribution in [2.75, 3.05) is 32.8 Å². The van der Waals surface area contributed by atoms with Crippen molar-refractivity contribution in [2.24, 2.45) is 5.92 Å². The van der Waals surface area contributed by atoms with Gasteiger partial charge in [-0.2, -0.15) is 0 Å². The normalized spacial score (nSPS) is 23.3. The maximum Gasteiger partial charge on any atom is 0.0471 e. The van der Waals surface area contributed by atoms with Crippen LogP contribution in [0.3, 0.4) is 0 Å². The van der Waals surface area contributed by atoms with Crippen LogP contribution in [0.1, 0.15) is 50.5 Å². The van der Waals surface area contributed by atoms with Gasteiger partial charge in [0.25, 0.3) is 0 Å². The Morgan fingerprint density at radius 2 is 1.70 bits per heavy atom. The molecule has 0 aliphatic carbocycles. The molecule has 0 saturated carbocycles. The van der Waals surface area contributed by atoms with Crippen LogP contribution in [-0.4, -0.2) is 42.8 Å². The Labute approximate surface area is 142 Å². The molecule has 3 nitrogen and oxygen atoms in total. The first-order valence-corrected chi connectivity index (χ1v) is 9.46. The molecule has 1 aromatic carbocycles. The summed E-state index contributed by atoms with van der Waals surface area (Å²) in [5.74, 6) is 0.521. The van der Waals surface area contributed by atoms with Crippen LogP contribution in [-0.2, 0) is 6.54 Å². The molecule has 1 aromatic rings. The first-order chi connectivity index (χ1) is 11.4. The largest absolute Gasteiger partial charge is 0.396 e. The van der Waals surface area contributed by atoms with Gasteiger partial charge in [0.2, 0.25) is 0 Å². The van der Waals surface area contributed by atoms with E-state index in [0.717, 1.165) is 19.6 Å². The van der Waals surface area contributed by atoms with Gasteiger partial charge in [-0.1, -0.05) is 49.6 Å². The number of nitrogens with one attached hydrogen (secondary N) is 1. The maximum absolute atomic E-state index is 8.78. The molecule has 2 heterocycles. The Balaban J connectivity index is 0.000000185. The number of hydrogen-bond donors (Lipinski definition) is 2. The van der Waals surface area contributed by atoms with E-state index in [1.807, 2.05) is 0 Å². The summed E-state index contributed by atoms with van der Waals surface area (Å²) in [6, 6.07) is 10.8. The molecule has 2 N–H and O–H groups in total. The molecule has 0 aromatic heterocycles. The van der Waals surface area contributed by atoms with Crippen molar-refractivity contribution in [1.29, 1.82) is 0 Å². The number of nitrogens with zero attached hydrogens (tertiary/aromatic N) is 1. The van der Waals surface area contributed by atoms with Crippen LogP contribution < -0.4 is 5.32 Å². The van der Waals surface area contributed by atoms with Gasteiger partial charge in [0.15, 0.2) is 0 Å². The van der Waals surface area contributed by atoms with Gasteiger partial charge >= 0.3 is 0 Å². The molecule has 0 bridgehead atoms. The number of aliphatic hydroxyl groups excluding tert-OH is 1. The Morgan fingerprint density at radius 1 is 0.957 bits per heavy atom. The Morgan fingerprint density at radius 3 is 2.39 bits per heavy atom. The van der Waals surface area contributed by atoms with E-state index in [-0.39, 0.29) is 0 Å². The topological polar surface area (TPSA) is 35.5 Å². The van der Waals surface area contributed by atoms with Gasteiger partial charge in [-0.25, -0.2) is 0 Å². The minimum absolute atomic E-state index is 0.354. The molecule has 3 heteroatoms. The van der Waals surface area contributed by atoms with Crippen molar-refractivity contribution in [3.8, 4) is 0 Å². The Hall–Kier alpha value is -0.900. The predicted molar refractivity (Wildman–Crippen MR) is 97.5 cm³/mol. The van der Waals surface area contributed by atoms with E-state index in [1.165, 1.54) is 63.6 Å². The molecule has 2 aliphatic heterocycles. The average molecular weight is 319 g/mol. The first kappa shape index (κ1) is 18.4. The van der Waals surface area contributed by atoms with Gasteiger partial charge in [0.1, 0.15) is 0 Å². The predicted octanol–water partition coefficient (Wildman–Crippen LogP) is 3.43. The van der Waals surface area contributed by atoms with Crippen LogP contribution in [0.25, 0.3) is 0 Å². The van der Waals surface area contributed by atoms with Gasteiger partial charge in [-0.05, 0) is 56.8 Å². The highest BCUT2D eigenvalue weighted by molar-refractivity contribution is 5.14. The van der Waals surface area contributed by atoms with Crippen LogP contribution in [0.5, 0.6) is 0 Å². The van der Waals surface area contributed by atoms with Crippen LogP contribution in [0, 0.1) is 5.92 Å². The van der Waals surface area contributed by atoms with Crippen molar-refractivity contribution in [1.82, 2.24) is 10.2 Å². The summed E-state index contributed by atoms with van der Waals surface area (Å²) in [6.07, 6.45) is 9.36. The highest BCUT2D eigenvalue weighted by Crippen LogP contribution is 2.12. The van der Waals surface area contributed by atoms with Crippen molar-refractivity contribution in [3.63, 3.8) is 0 Å². The van der Waals surface area contributed by atoms with E-state index in [2.05, 4.69) is 40.5 Å². The fraction of sp³-hybridized carbons (Fsp3) is 0.700. The molecule has 3 rings (SSSR count). The molecule has 1 unspecified atom stereocenters. The van der Waals surface area contributed by atoms with Gasteiger partial charge < -0.3 is 10.4 Å². The third kappa shape index (κ3) is 7.96. The monoisotopic (exact) mass is 318 g/mol. The zero-order chi connectivity index (χ0) is 16.2. The second kappa shape index (κ2) is 11.6. The van der Waals surface area contributed by atoms with Gasteiger partial charge in [0.05, 0.1) is 0 Å². The summed E-state index contributed by atoms with van der Waals surface area (Å²) in [6.45, 7) is 6.21. The zero-order valence-corrected chi connectivity index (χ0v) is 14.6. The highest BCUT2D eigenvalue weighted by Gasteiger charge is 2.09. The molecule has 23 heavy (non-hydrogen) atoms. The van der Waals surface area contributed by atoms with E-state index in [0.29, 0.717) is 12.5 Å². The molecule has 0 radical (unpaired) electrons. The van der Waals surface area contributed by atoms with Crippen LogP contribution in [0.4, 0.5) is 0 Å². The SMILES string of the molecule is OCC1CCCCNC1.c1ccc(CN2CCCCCC2)cc1. The van der Waals surface area contributed by atoms with Crippen molar-refractivity contribution < 1.29 is 5.11 Å². The standard InChI is InChI=1S/C13H19N.C7H15NO/c1-2-7-11-14(10-6-1)12-13-8-4-3-5-9-13;9-6-7-3-1-2-4-8-5-7/h3-5,8-9H,1-2,6-7,10-12H2;7-9H,1-6H2. The summed E-state index contributed by atoms with van der Waals surface area (Å²) >= 11 is 0. The fourth-order valence-corrected chi connectivity index (χ4v) is 3.38. The summed E-state index contributed by atoms with van der Waals surface area (Å²) in [5.41, 5.74) is 1.45. The summed E-state index contributed by atoms with van der Waals surface area (Å²) in [7, 11) is 0. The Bertz CT molecular complexity index is 380. The van der Waals surface area contributed by atoms with Crippen molar-refractivity contribution >= 4 is 0 Å². The van der Waals surface area contributed by atoms with E-state index in [4.69, 9.17) is 5.11 Å². The molecule has 130 valence electrons. The van der Waals surface area contributed by atoms with E-state index in [9.17, 15) is 0 Å². The Kier molecular flexibility index (Phi) is 9.31. The molecule has 2 saturated heterocycles. The molecule has 2 fully saturated rings. The van der Waals surface area contributed by atoms with Crippen LogP contribution in [0.15, 0.2) is 30.3 Å². The molecule has 0 spiro atoms. The second-order valence-electron chi connectivity index (χ2n) is 6.92. The van der Waals surface area contributed by atoms with Gasteiger partial charge in [0, 0.05) is 19.7 Å². The number of aliphatic hydroxyl groups is 1. The fourth-order valence-electron chi connectivity index (χ4n) is 3.38. The lowest BCUT2D eigenvalue weighted by Gasteiger charge is -2.19. The number of rotatable bonds is 3.